The predicted octanol–water partition coefficient (Wildman–Crippen LogP) is 3.92. The second kappa shape index (κ2) is 8.52. The van der Waals surface area contributed by atoms with Crippen LogP contribution in [0.15, 0.2) is 70.2 Å². The van der Waals surface area contributed by atoms with Crippen molar-refractivity contribution in [3.63, 3.8) is 0 Å². The maximum Gasteiger partial charge on any atom is 0.136 e. The minimum absolute atomic E-state index is 0. The molecule has 0 amide bonds. The van der Waals surface area contributed by atoms with Gasteiger partial charge in [0.2, 0.25) is 0 Å². The number of halogens is 1. The molecule has 24 heavy (non-hydrogen) atoms. The van der Waals surface area contributed by atoms with Gasteiger partial charge in [0, 0.05) is 23.6 Å². The summed E-state index contributed by atoms with van der Waals surface area (Å²) >= 11 is 0. The minimum Gasteiger partial charge on any atom is -0.456 e. The van der Waals surface area contributed by atoms with Gasteiger partial charge in [-0.25, -0.2) is 0 Å². The average molecular weight is 345 g/mol. The third-order valence-corrected chi connectivity index (χ3v) is 3.50. The first-order chi connectivity index (χ1) is 11.2. The second-order valence-electron chi connectivity index (χ2n) is 5.59. The molecule has 126 valence electrons. The van der Waals surface area contributed by atoms with E-state index < -0.39 is 0 Å². The molecule has 0 unspecified atom stereocenters. The van der Waals surface area contributed by atoms with E-state index in [-0.39, 0.29) is 12.4 Å². The number of hydrogen-bond donors (Lipinski definition) is 0. The van der Waals surface area contributed by atoms with E-state index in [1.54, 1.807) is 0 Å². The molecule has 1 heterocycles. The lowest BCUT2D eigenvalue weighted by Crippen LogP contribution is -2.17. The third kappa shape index (κ3) is 4.37. The standard InChI is InChI=1S/C19H20N2O2.ClH/c1-21(2)12-13-22-20-17-14-19(15-8-4-3-5-9-15)23-18-11-7-6-10-16(17)18;/h3-11,14H,12-13H2,1-2H3;1H/b20-17-;. The minimum atomic E-state index is 0. The van der Waals surface area contributed by atoms with Crippen LogP contribution >= 0.6 is 12.4 Å². The monoisotopic (exact) mass is 344 g/mol. The van der Waals surface area contributed by atoms with Crippen LogP contribution < -0.4 is 5.36 Å². The molecule has 2 aromatic carbocycles. The summed E-state index contributed by atoms with van der Waals surface area (Å²) in [7, 11) is 4.02. The summed E-state index contributed by atoms with van der Waals surface area (Å²) in [5.41, 5.74) is 1.81. The topological polar surface area (TPSA) is 38.0 Å². The molecule has 0 aliphatic heterocycles. The highest BCUT2D eigenvalue weighted by atomic mass is 35.5. The normalized spacial score (nSPS) is 11.5. The maximum atomic E-state index is 6.01. The number of benzene rings is 2. The van der Waals surface area contributed by atoms with Crippen LogP contribution in [0, 0.1) is 0 Å². The van der Waals surface area contributed by atoms with Gasteiger partial charge in [0.05, 0.1) is 0 Å². The van der Waals surface area contributed by atoms with E-state index >= 15 is 0 Å². The van der Waals surface area contributed by atoms with Gasteiger partial charge >= 0.3 is 0 Å². The Labute approximate surface area is 147 Å². The molecule has 0 aliphatic carbocycles. The molecule has 3 aromatic rings. The molecule has 0 atom stereocenters. The number of nitrogens with zero attached hydrogens (tertiary/aromatic N) is 2. The third-order valence-electron chi connectivity index (χ3n) is 3.50. The van der Waals surface area contributed by atoms with Crippen LogP contribution in [0.25, 0.3) is 22.3 Å². The van der Waals surface area contributed by atoms with Crippen LogP contribution in [0.4, 0.5) is 0 Å². The lowest BCUT2D eigenvalue weighted by Gasteiger charge is -2.08. The largest absolute Gasteiger partial charge is 0.456 e. The molecule has 0 radical (unpaired) electrons. The molecule has 0 saturated carbocycles. The van der Waals surface area contributed by atoms with Crippen LogP contribution in [0.5, 0.6) is 0 Å². The Morgan fingerprint density at radius 3 is 2.46 bits per heavy atom. The summed E-state index contributed by atoms with van der Waals surface area (Å²) in [6, 6.07) is 19.8. The Hall–Kier alpha value is -2.30. The lowest BCUT2D eigenvalue weighted by atomic mass is 10.1. The summed E-state index contributed by atoms with van der Waals surface area (Å²) in [5, 5.41) is 6.03. The highest BCUT2D eigenvalue weighted by Gasteiger charge is 2.05. The van der Waals surface area contributed by atoms with Gasteiger partial charge in [0.1, 0.15) is 23.3 Å². The summed E-state index contributed by atoms with van der Waals surface area (Å²) < 4.78 is 6.01. The van der Waals surface area contributed by atoms with Gasteiger partial charge in [0.25, 0.3) is 0 Å². The molecule has 5 heteroatoms. The molecule has 0 bridgehead atoms. The van der Waals surface area contributed by atoms with E-state index in [1.807, 2.05) is 74.8 Å². The fraction of sp³-hybridized carbons (Fsp3) is 0.211. The lowest BCUT2D eigenvalue weighted by molar-refractivity contribution is 0.117. The zero-order valence-electron chi connectivity index (χ0n) is 13.8. The van der Waals surface area contributed by atoms with Crippen molar-refractivity contribution >= 4 is 23.4 Å². The van der Waals surface area contributed by atoms with Gasteiger partial charge in [-0.15, -0.1) is 12.4 Å². The first-order valence-electron chi connectivity index (χ1n) is 7.63. The zero-order valence-corrected chi connectivity index (χ0v) is 14.6. The second-order valence-corrected chi connectivity index (χ2v) is 5.59. The van der Waals surface area contributed by atoms with Crippen LogP contribution in [-0.4, -0.2) is 32.1 Å². The summed E-state index contributed by atoms with van der Waals surface area (Å²) in [5.74, 6) is 0.777. The number of para-hydroxylation sites is 1. The van der Waals surface area contributed by atoms with Gasteiger partial charge in [-0.2, -0.15) is 0 Å². The van der Waals surface area contributed by atoms with Crippen molar-refractivity contribution in [2.75, 3.05) is 27.2 Å². The van der Waals surface area contributed by atoms with Gasteiger partial charge in [-0.3, -0.25) is 0 Å². The fourth-order valence-corrected chi connectivity index (χ4v) is 2.28. The van der Waals surface area contributed by atoms with Gasteiger partial charge < -0.3 is 14.2 Å². The van der Waals surface area contributed by atoms with E-state index in [2.05, 4.69) is 10.1 Å². The smallest absolute Gasteiger partial charge is 0.136 e. The molecule has 0 spiro atoms. The van der Waals surface area contributed by atoms with E-state index in [0.717, 1.165) is 34.2 Å². The molecular formula is C19H21ClN2O2. The Balaban J connectivity index is 0.00000208. The first kappa shape index (κ1) is 18.0. The molecular weight excluding hydrogens is 324 g/mol. The number of rotatable bonds is 5. The summed E-state index contributed by atoms with van der Waals surface area (Å²) in [6.07, 6.45) is 0. The Morgan fingerprint density at radius 1 is 1.00 bits per heavy atom. The zero-order chi connectivity index (χ0) is 16.1. The molecule has 0 N–H and O–H groups in total. The number of hydrogen-bond acceptors (Lipinski definition) is 4. The van der Waals surface area contributed by atoms with Crippen LogP contribution in [0.2, 0.25) is 0 Å². The van der Waals surface area contributed by atoms with Crippen molar-refractivity contribution in [2.24, 2.45) is 5.16 Å². The first-order valence-corrected chi connectivity index (χ1v) is 7.63. The summed E-state index contributed by atoms with van der Waals surface area (Å²) in [6.45, 7) is 1.37. The van der Waals surface area contributed by atoms with Crippen molar-refractivity contribution < 1.29 is 9.25 Å². The quantitative estimate of drug-likeness (QED) is 0.520. The number of likely N-dealkylation sites (N-methyl/N-ethyl adjacent to an activating group) is 1. The van der Waals surface area contributed by atoms with Crippen LogP contribution in [-0.2, 0) is 4.84 Å². The van der Waals surface area contributed by atoms with Crippen molar-refractivity contribution in [3.8, 4) is 11.3 Å². The van der Waals surface area contributed by atoms with Gasteiger partial charge in [-0.1, -0.05) is 47.6 Å². The molecule has 0 saturated heterocycles. The van der Waals surface area contributed by atoms with E-state index in [4.69, 9.17) is 9.25 Å². The van der Waals surface area contributed by atoms with Crippen molar-refractivity contribution in [3.05, 3.63) is 66.0 Å². The predicted molar refractivity (Wildman–Crippen MR) is 99.0 cm³/mol. The molecule has 3 rings (SSSR count). The van der Waals surface area contributed by atoms with Crippen LogP contribution in [0.3, 0.4) is 0 Å². The van der Waals surface area contributed by atoms with Crippen LogP contribution in [0.1, 0.15) is 0 Å². The van der Waals surface area contributed by atoms with Crippen molar-refractivity contribution in [1.82, 2.24) is 4.90 Å². The Kier molecular flexibility index (Phi) is 6.41. The van der Waals surface area contributed by atoms with Crippen molar-refractivity contribution in [1.29, 1.82) is 0 Å². The molecule has 0 aliphatic rings. The van der Waals surface area contributed by atoms with E-state index in [9.17, 15) is 0 Å². The maximum absolute atomic E-state index is 6.01. The number of fused-ring (bicyclic) bond motifs is 1. The highest BCUT2D eigenvalue weighted by Crippen LogP contribution is 2.21. The van der Waals surface area contributed by atoms with Gasteiger partial charge in [0.15, 0.2) is 0 Å². The van der Waals surface area contributed by atoms with E-state index in [1.165, 1.54) is 0 Å². The highest BCUT2D eigenvalue weighted by molar-refractivity contribution is 5.85. The molecule has 0 fully saturated rings. The summed E-state index contributed by atoms with van der Waals surface area (Å²) in [4.78, 5) is 7.53. The van der Waals surface area contributed by atoms with Gasteiger partial charge in [-0.05, 0) is 26.2 Å². The van der Waals surface area contributed by atoms with E-state index in [0.29, 0.717) is 6.61 Å². The van der Waals surface area contributed by atoms with Crippen molar-refractivity contribution in [2.45, 2.75) is 0 Å². The molecule has 1 aromatic heterocycles. The Morgan fingerprint density at radius 2 is 1.71 bits per heavy atom. The SMILES string of the molecule is CN(C)CCO/N=c1/cc(-c2ccccc2)oc2ccccc12.Cl. The Bertz CT molecular complexity index is 845. The molecule has 4 nitrogen and oxygen atoms in total. The fourth-order valence-electron chi connectivity index (χ4n) is 2.28. The average Bonchev–Trinajstić information content (AvgIpc) is 2.59.